The Morgan fingerprint density at radius 1 is 1.20 bits per heavy atom. The van der Waals surface area contributed by atoms with Crippen molar-refractivity contribution in [1.29, 1.82) is 0 Å². The molecule has 0 saturated carbocycles. The van der Waals surface area contributed by atoms with Crippen LogP contribution in [-0.2, 0) is 0 Å². The smallest absolute Gasteiger partial charge is 0.387 e. The largest absolute Gasteiger partial charge is 0.496 e. The molecule has 5 nitrogen and oxygen atoms in total. The lowest BCUT2D eigenvalue weighted by Gasteiger charge is -2.14. The van der Waals surface area contributed by atoms with Crippen LogP contribution in [0.1, 0.15) is 10.4 Å². The number of alkyl halides is 2. The first-order chi connectivity index (χ1) is 11.9. The molecule has 0 radical (unpaired) electrons. The fourth-order valence-electron chi connectivity index (χ4n) is 1.91. The summed E-state index contributed by atoms with van der Waals surface area (Å²) in [6.07, 6.45) is 0. The van der Waals surface area contributed by atoms with Crippen LogP contribution in [-0.4, -0.2) is 24.7 Å². The summed E-state index contributed by atoms with van der Waals surface area (Å²) in [5, 5.41) is 5.07. The highest BCUT2D eigenvalue weighted by atomic mass is 79.9. The quantitative estimate of drug-likeness (QED) is 0.696. The van der Waals surface area contributed by atoms with Crippen LogP contribution in [0.5, 0.6) is 11.5 Å². The van der Waals surface area contributed by atoms with Crippen LogP contribution in [0.3, 0.4) is 0 Å². The van der Waals surface area contributed by atoms with Crippen molar-refractivity contribution in [3.8, 4) is 11.5 Å². The van der Waals surface area contributed by atoms with E-state index in [4.69, 9.17) is 17.0 Å². The van der Waals surface area contributed by atoms with Gasteiger partial charge in [0.2, 0.25) is 0 Å². The van der Waals surface area contributed by atoms with E-state index in [2.05, 4.69) is 31.3 Å². The van der Waals surface area contributed by atoms with E-state index in [1.165, 1.54) is 19.2 Å². The number of hydrogen-bond acceptors (Lipinski definition) is 4. The molecule has 2 aromatic carbocycles. The van der Waals surface area contributed by atoms with Crippen molar-refractivity contribution < 1.29 is 23.0 Å². The lowest BCUT2D eigenvalue weighted by atomic mass is 10.2. The minimum absolute atomic E-state index is 0.0535. The Bertz CT molecular complexity index is 790. The van der Waals surface area contributed by atoms with Gasteiger partial charge in [0.25, 0.3) is 5.91 Å². The second-order valence-corrected chi connectivity index (χ2v) is 5.89. The van der Waals surface area contributed by atoms with Gasteiger partial charge in [0.1, 0.15) is 11.5 Å². The van der Waals surface area contributed by atoms with Crippen molar-refractivity contribution in [2.24, 2.45) is 0 Å². The third-order valence-corrected chi connectivity index (χ3v) is 3.82. The molecule has 2 N–H and O–H groups in total. The Kier molecular flexibility index (Phi) is 6.65. The Labute approximate surface area is 156 Å². The first kappa shape index (κ1) is 19.1. The van der Waals surface area contributed by atoms with Gasteiger partial charge in [-0.2, -0.15) is 8.78 Å². The van der Waals surface area contributed by atoms with Crippen molar-refractivity contribution in [3.05, 3.63) is 52.5 Å². The molecule has 25 heavy (non-hydrogen) atoms. The molecule has 0 unspecified atom stereocenters. The molecule has 0 saturated heterocycles. The van der Waals surface area contributed by atoms with Crippen LogP contribution in [0, 0.1) is 0 Å². The first-order valence-electron chi connectivity index (χ1n) is 6.90. The van der Waals surface area contributed by atoms with E-state index in [1.807, 2.05) is 0 Å². The molecule has 2 rings (SSSR count). The number of amides is 1. The number of hydrogen-bond donors (Lipinski definition) is 2. The first-order valence-corrected chi connectivity index (χ1v) is 8.10. The number of rotatable bonds is 5. The molecular weight excluding hydrogens is 418 g/mol. The van der Waals surface area contributed by atoms with Crippen LogP contribution >= 0.6 is 28.1 Å². The zero-order chi connectivity index (χ0) is 18.4. The van der Waals surface area contributed by atoms with E-state index >= 15 is 0 Å². The van der Waals surface area contributed by atoms with Gasteiger partial charge < -0.3 is 14.8 Å². The van der Waals surface area contributed by atoms with E-state index in [0.29, 0.717) is 15.8 Å². The number of halogens is 3. The van der Waals surface area contributed by atoms with E-state index in [-0.39, 0.29) is 16.5 Å². The third-order valence-electron chi connectivity index (χ3n) is 2.99. The summed E-state index contributed by atoms with van der Waals surface area (Å²) in [5.41, 5.74) is 0.554. The average molecular weight is 431 g/mol. The Balaban J connectivity index is 2.05. The highest BCUT2D eigenvalue weighted by molar-refractivity contribution is 9.10. The predicted octanol–water partition coefficient (Wildman–Crippen LogP) is 4.19. The topological polar surface area (TPSA) is 59.6 Å². The SMILES string of the molecule is COc1ccc(C(=O)NC(=S)Nc2ccccc2OC(F)F)cc1Br. The molecule has 132 valence electrons. The summed E-state index contributed by atoms with van der Waals surface area (Å²) >= 11 is 8.33. The molecule has 0 fully saturated rings. The van der Waals surface area contributed by atoms with E-state index in [1.54, 1.807) is 30.3 Å². The van der Waals surface area contributed by atoms with Gasteiger partial charge in [0, 0.05) is 5.56 Å². The average Bonchev–Trinajstić information content (AvgIpc) is 2.56. The molecule has 9 heteroatoms. The van der Waals surface area contributed by atoms with Gasteiger partial charge in [0.05, 0.1) is 17.3 Å². The van der Waals surface area contributed by atoms with Gasteiger partial charge in [-0.3, -0.25) is 10.1 Å². The fourth-order valence-corrected chi connectivity index (χ4v) is 2.65. The van der Waals surface area contributed by atoms with Gasteiger partial charge in [0.15, 0.2) is 5.11 Å². The van der Waals surface area contributed by atoms with E-state index in [0.717, 1.165) is 0 Å². The van der Waals surface area contributed by atoms with Gasteiger partial charge in [-0.05, 0) is 58.5 Å². The van der Waals surface area contributed by atoms with Crippen LogP contribution < -0.4 is 20.1 Å². The third kappa shape index (κ3) is 5.36. The van der Waals surface area contributed by atoms with Crippen molar-refractivity contribution in [3.63, 3.8) is 0 Å². The molecule has 1 amide bonds. The molecular formula is C16H13BrF2N2O3S. The predicted molar refractivity (Wildman–Crippen MR) is 97.5 cm³/mol. The number of nitrogens with one attached hydrogen (secondary N) is 2. The molecule has 0 spiro atoms. The normalized spacial score (nSPS) is 10.3. The zero-order valence-corrected chi connectivity index (χ0v) is 15.3. The Hall–Kier alpha value is -2.26. The van der Waals surface area contributed by atoms with E-state index < -0.39 is 12.5 Å². The molecule has 0 heterocycles. The summed E-state index contributed by atoms with van der Waals surface area (Å²) < 4.78 is 34.9. The lowest BCUT2D eigenvalue weighted by Crippen LogP contribution is -2.34. The number of ether oxygens (including phenoxy) is 2. The number of anilines is 1. The minimum Gasteiger partial charge on any atom is -0.496 e. The fraction of sp³-hybridized carbons (Fsp3) is 0.125. The molecule has 0 aliphatic carbocycles. The van der Waals surface area contributed by atoms with Gasteiger partial charge in [-0.1, -0.05) is 12.1 Å². The number of thiocarbonyl (C=S) groups is 1. The van der Waals surface area contributed by atoms with Crippen LogP contribution in [0.4, 0.5) is 14.5 Å². The number of methoxy groups -OCH3 is 1. The number of carbonyl (C=O) groups is 1. The monoisotopic (exact) mass is 430 g/mol. The second-order valence-electron chi connectivity index (χ2n) is 4.63. The summed E-state index contributed by atoms with van der Waals surface area (Å²) in [5.74, 6) is 0.0322. The van der Waals surface area contributed by atoms with Crippen molar-refractivity contribution in [2.45, 2.75) is 6.61 Å². The van der Waals surface area contributed by atoms with E-state index in [9.17, 15) is 13.6 Å². The number of carbonyl (C=O) groups excluding carboxylic acids is 1. The Morgan fingerprint density at radius 3 is 2.56 bits per heavy atom. The summed E-state index contributed by atoms with van der Waals surface area (Å²) in [6.45, 7) is -2.97. The van der Waals surface area contributed by atoms with Gasteiger partial charge >= 0.3 is 6.61 Å². The maximum Gasteiger partial charge on any atom is 0.387 e. The highest BCUT2D eigenvalue weighted by Crippen LogP contribution is 2.26. The Morgan fingerprint density at radius 2 is 1.92 bits per heavy atom. The molecule has 2 aromatic rings. The molecule has 0 atom stereocenters. The van der Waals surface area contributed by atoms with Crippen molar-refractivity contribution >= 4 is 44.9 Å². The molecule has 0 bridgehead atoms. The molecule has 0 aliphatic heterocycles. The standard InChI is InChI=1S/C16H13BrF2N2O3S/c1-23-12-7-6-9(8-10(12)17)14(22)21-16(25)20-11-4-2-3-5-13(11)24-15(18)19/h2-8,15H,1H3,(H2,20,21,22,25). The maximum atomic E-state index is 12.4. The van der Waals surface area contributed by atoms with Crippen molar-refractivity contribution in [1.82, 2.24) is 5.32 Å². The summed E-state index contributed by atoms with van der Waals surface area (Å²) in [6, 6.07) is 10.8. The van der Waals surface area contributed by atoms with Crippen LogP contribution in [0.2, 0.25) is 0 Å². The molecule has 0 aromatic heterocycles. The van der Waals surface area contributed by atoms with Gasteiger partial charge in [-0.15, -0.1) is 0 Å². The highest BCUT2D eigenvalue weighted by Gasteiger charge is 2.13. The van der Waals surface area contributed by atoms with Crippen molar-refractivity contribution in [2.75, 3.05) is 12.4 Å². The zero-order valence-electron chi connectivity index (χ0n) is 12.9. The summed E-state index contributed by atoms with van der Waals surface area (Å²) in [4.78, 5) is 12.2. The van der Waals surface area contributed by atoms with Crippen LogP contribution in [0.25, 0.3) is 0 Å². The maximum absolute atomic E-state index is 12.4. The van der Waals surface area contributed by atoms with Crippen LogP contribution in [0.15, 0.2) is 46.9 Å². The second kappa shape index (κ2) is 8.72. The summed E-state index contributed by atoms with van der Waals surface area (Å²) in [7, 11) is 1.51. The van der Waals surface area contributed by atoms with Gasteiger partial charge in [-0.25, -0.2) is 0 Å². The lowest BCUT2D eigenvalue weighted by molar-refractivity contribution is -0.0493. The number of benzene rings is 2. The molecule has 0 aliphatic rings. The number of para-hydroxylation sites is 2. The minimum atomic E-state index is -2.97.